The highest BCUT2D eigenvalue weighted by Gasteiger charge is 2.11. The van der Waals surface area contributed by atoms with Crippen LogP contribution in [0.25, 0.3) is 5.65 Å². The number of nitrogens with one attached hydrogen (secondary N) is 3. The number of pyridine rings is 1. The van der Waals surface area contributed by atoms with Gasteiger partial charge in [-0.3, -0.25) is 14.8 Å². The molecule has 128 valence electrons. The Labute approximate surface area is 143 Å². The van der Waals surface area contributed by atoms with Crippen LogP contribution in [0, 0.1) is 18.3 Å². The Balaban J connectivity index is 1.51. The first kappa shape index (κ1) is 16.3. The van der Waals surface area contributed by atoms with Gasteiger partial charge in [0.25, 0.3) is 0 Å². The zero-order valence-corrected chi connectivity index (χ0v) is 13.7. The van der Waals surface area contributed by atoms with E-state index in [9.17, 15) is 4.79 Å². The molecule has 0 aliphatic heterocycles. The van der Waals surface area contributed by atoms with Crippen LogP contribution in [0.4, 0.5) is 16.4 Å². The summed E-state index contributed by atoms with van der Waals surface area (Å²) in [7, 11) is 0. The van der Waals surface area contributed by atoms with Crippen LogP contribution in [-0.2, 0) is 6.42 Å². The van der Waals surface area contributed by atoms with E-state index in [0.717, 1.165) is 11.2 Å². The number of nitriles is 1. The minimum atomic E-state index is -0.312. The van der Waals surface area contributed by atoms with Crippen molar-refractivity contribution in [1.82, 2.24) is 24.9 Å². The van der Waals surface area contributed by atoms with Gasteiger partial charge >= 0.3 is 6.03 Å². The third-order valence-electron chi connectivity index (χ3n) is 3.84. The Hall–Kier alpha value is -3.54. The molecule has 3 rings (SSSR count). The van der Waals surface area contributed by atoms with E-state index in [-0.39, 0.29) is 11.8 Å². The summed E-state index contributed by atoms with van der Waals surface area (Å²) in [6.45, 7) is 2.41. The number of carbonyl (C=O) groups excluding carboxylic acids is 1. The second kappa shape index (κ2) is 6.92. The number of hydrogen-bond acceptors (Lipinski definition) is 5. The Morgan fingerprint density at radius 2 is 2.36 bits per heavy atom. The van der Waals surface area contributed by atoms with Crippen molar-refractivity contribution in [2.24, 2.45) is 0 Å². The molecule has 2 amide bonds. The molecule has 0 spiro atoms. The maximum Gasteiger partial charge on any atom is 0.320 e. The highest BCUT2D eigenvalue weighted by Crippen LogP contribution is 2.15. The second-order valence-electron chi connectivity index (χ2n) is 5.59. The van der Waals surface area contributed by atoms with Crippen LogP contribution >= 0.6 is 0 Å². The van der Waals surface area contributed by atoms with Crippen molar-refractivity contribution in [2.45, 2.75) is 19.8 Å². The number of amides is 2. The molecule has 0 fully saturated rings. The van der Waals surface area contributed by atoms with Gasteiger partial charge in [-0.15, -0.1) is 0 Å². The van der Waals surface area contributed by atoms with Gasteiger partial charge in [0, 0.05) is 12.7 Å². The molecule has 0 atom stereocenters. The van der Waals surface area contributed by atoms with E-state index in [2.05, 4.69) is 25.8 Å². The highest BCUT2D eigenvalue weighted by molar-refractivity contribution is 5.88. The molecule has 0 unspecified atom stereocenters. The first-order chi connectivity index (χ1) is 12.1. The lowest BCUT2D eigenvalue weighted by molar-refractivity contribution is 0.252. The number of imidazole rings is 1. The van der Waals surface area contributed by atoms with Crippen LogP contribution in [0.15, 0.2) is 24.5 Å². The van der Waals surface area contributed by atoms with Crippen LogP contribution in [0.3, 0.4) is 0 Å². The molecule has 0 saturated carbocycles. The van der Waals surface area contributed by atoms with Gasteiger partial charge in [0.15, 0.2) is 5.82 Å². The average Bonchev–Trinajstić information content (AvgIpc) is 3.16. The number of nitrogen functional groups attached to an aromatic ring is 1. The van der Waals surface area contributed by atoms with Crippen molar-refractivity contribution in [3.05, 3.63) is 41.3 Å². The number of urea groups is 1. The zero-order valence-electron chi connectivity index (χ0n) is 13.7. The van der Waals surface area contributed by atoms with Gasteiger partial charge in [-0.25, -0.2) is 9.78 Å². The number of nitrogens with zero attached hydrogens (tertiary/aromatic N) is 4. The van der Waals surface area contributed by atoms with Crippen LogP contribution in [0.2, 0.25) is 0 Å². The van der Waals surface area contributed by atoms with Gasteiger partial charge in [-0.1, -0.05) is 6.07 Å². The molecule has 3 aromatic rings. The predicted molar refractivity (Wildman–Crippen MR) is 93.0 cm³/mol. The number of rotatable bonds is 5. The van der Waals surface area contributed by atoms with Crippen molar-refractivity contribution >= 4 is 23.3 Å². The first-order valence-corrected chi connectivity index (χ1v) is 7.80. The Morgan fingerprint density at radius 1 is 1.52 bits per heavy atom. The van der Waals surface area contributed by atoms with Crippen molar-refractivity contribution in [3.63, 3.8) is 0 Å². The predicted octanol–water partition coefficient (Wildman–Crippen LogP) is 1.57. The van der Waals surface area contributed by atoms with E-state index in [1.54, 1.807) is 6.20 Å². The highest BCUT2D eigenvalue weighted by atomic mass is 16.2. The number of aryl methyl sites for hydroxylation is 2. The molecule has 9 heteroatoms. The smallest absolute Gasteiger partial charge is 0.320 e. The van der Waals surface area contributed by atoms with E-state index in [1.165, 1.54) is 0 Å². The zero-order chi connectivity index (χ0) is 17.8. The maximum atomic E-state index is 12.0. The maximum absolute atomic E-state index is 12.0. The Kier molecular flexibility index (Phi) is 4.52. The number of aromatic nitrogens is 4. The van der Waals surface area contributed by atoms with Gasteiger partial charge in [0.1, 0.15) is 23.1 Å². The molecule has 0 aliphatic carbocycles. The fraction of sp³-hybridized carbons (Fsp3) is 0.250. The minimum absolute atomic E-state index is 0.200. The number of hydrogen-bond donors (Lipinski definition) is 4. The summed E-state index contributed by atoms with van der Waals surface area (Å²) in [5.41, 5.74) is 8.46. The summed E-state index contributed by atoms with van der Waals surface area (Å²) in [6.07, 6.45) is 4.68. The average molecular weight is 338 g/mol. The third kappa shape index (κ3) is 3.37. The fourth-order valence-corrected chi connectivity index (χ4v) is 2.57. The second-order valence-corrected chi connectivity index (χ2v) is 5.59. The molecule has 0 aromatic carbocycles. The van der Waals surface area contributed by atoms with E-state index < -0.39 is 0 Å². The monoisotopic (exact) mass is 338 g/mol. The van der Waals surface area contributed by atoms with Crippen molar-refractivity contribution in [3.8, 4) is 6.07 Å². The molecule has 0 bridgehead atoms. The summed E-state index contributed by atoms with van der Waals surface area (Å²) in [5.74, 6) is 0.801. The molecular formula is C16H18N8O. The normalized spacial score (nSPS) is 10.6. The van der Waals surface area contributed by atoms with Gasteiger partial charge < -0.3 is 11.1 Å². The summed E-state index contributed by atoms with van der Waals surface area (Å²) in [4.78, 5) is 16.3. The lowest BCUT2D eigenvalue weighted by atomic mass is 10.1. The van der Waals surface area contributed by atoms with Crippen LogP contribution < -0.4 is 16.4 Å². The number of carbonyl (C=O) groups is 1. The van der Waals surface area contributed by atoms with E-state index in [4.69, 9.17) is 11.0 Å². The summed E-state index contributed by atoms with van der Waals surface area (Å²) in [5, 5.41) is 21.1. The lowest BCUT2D eigenvalue weighted by Crippen LogP contribution is -2.30. The minimum Gasteiger partial charge on any atom is -0.381 e. The largest absolute Gasteiger partial charge is 0.381 e. The van der Waals surface area contributed by atoms with Crippen molar-refractivity contribution in [1.29, 1.82) is 5.26 Å². The molecule has 25 heavy (non-hydrogen) atoms. The Bertz CT molecular complexity index is 949. The SMILES string of the molecule is Cc1cccn2c(NC(=O)NCCCc3[nH]nc(N)c3C#N)cnc12. The number of aromatic amines is 1. The number of H-pyrrole nitrogens is 1. The molecule has 3 aromatic heterocycles. The topological polar surface area (TPSA) is 137 Å². The van der Waals surface area contributed by atoms with Gasteiger partial charge in [0.2, 0.25) is 0 Å². The molecule has 0 saturated heterocycles. The molecule has 3 heterocycles. The number of nitrogens with two attached hydrogens (primary N) is 1. The Morgan fingerprint density at radius 3 is 3.16 bits per heavy atom. The van der Waals surface area contributed by atoms with Crippen molar-refractivity contribution in [2.75, 3.05) is 17.6 Å². The van der Waals surface area contributed by atoms with Gasteiger partial charge in [-0.2, -0.15) is 10.4 Å². The molecule has 0 radical (unpaired) electrons. The van der Waals surface area contributed by atoms with E-state index >= 15 is 0 Å². The molecular weight excluding hydrogens is 320 g/mol. The van der Waals surface area contributed by atoms with Crippen molar-refractivity contribution < 1.29 is 4.79 Å². The lowest BCUT2D eigenvalue weighted by Gasteiger charge is -2.07. The fourth-order valence-electron chi connectivity index (χ4n) is 2.57. The summed E-state index contributed by atoms with van der Waals surface area (Å²) < 4.78 is 1.82. The van der Waals surface area contributed by atoms with E-state index in [1.807, 2.05) is 35.7 Å². The third-order valence-corrected chi connectivity index (χ3v) is 3.84. The molecule has 0 aliphatic rings. The van der Waals surface area contributed by atoms with Gasteiger partial charge in [-0.05, 0) is 31.4 Å². The van der Waals surface area contributed by atoms with Crippen LogP contribution in [0.1, 0.15) is 23.2 Å². The van der Waals surface area contributed by atoms with E-state index in [0.29, 0.717) is 36.5 Å². The quantitative estimate of drug-likeness (QED) is 0.523. The van der Waals surface area contributed by atoms with Crippen LogP contribution in [0.5, 0.6) is 0 Å². The van der Waals surface area contributed by atoms with Gasteiger partial charge in [0.05, 0.1) is 11.9 Å². The number of fused-ring (bicyclic) bond motifs is 1. The standard InChI is InChI=1S/C16H18N8O/c1-10-4-3-7-24-13(9-20-15(10)24)21-16(25)19-6-2-5-12-11(8-17)14(18)23-22-12/h3-4,7,9H,2,5-6H2,1H3,(H3,18,22,23)(H2,19,21,25). The molecule has 5 N–H and O–H groups in total. The molecule has 9 nitrogen and oxygen atoms in total. The first-order valence-electron chi connectivity index (χ1n) is 7.80. The summed E-state index contributed by atoms with van der Waals surface area (Å²) in [6, 6.07) is 5.57. The number of anilines is 2. The van der Waals surface area contributed by atoms with Crippen LogP contribution in [-0.4, -0.2) is 32.2 Å². The summed E-state index contributed by atoms with van der Waals surface area (Å²) >= 11 is 0.